The van der Waals surface area contributed by atoms with E-state index < -0.39 is 0 Å². The van der Waals surface area contributed by atoms with E-state index in [0.29, 0.717) is 5.82 Å². The van der Waals surface area contributed by atoms with Gasteiger partial charge >= 0.3 is 0 Å². The third-order valence-electron chi connectivity index (χ3n) is 1.88. The second-order valence-electron chi connectivity index (χ2n) is 2.73. The highest BCUT2D eigenvalue weighted by molar-refractivity contribution is 7.04. The molecule has 1 aromatic heterocycles. The van der Waals surface area contributed by atoms with Crippen LogP contribution < -0.4 is 5.73 Å². The Morgan fingerprint density at radius 2 is 2.15 bits per heavy atom. The summed E-state index contributed by atoms with van der Waals surface area (Å²) in [6.45, 7) is 0. The first-order chi connectivity index (χ1) is 6.31. The Bertz CT molecular complexity index is 467. The molecular weight excluding hydrogens is 181 g/mol. The van der Waals surface area contributed by atoms with Gasteiger partial charge in [0, 0.05) is 17.3 Å². The van der Waals surface area contributed by atoms with Gasteiger partial charge < -0.3 is 5.73 Å². The summed E-state index contributed by atoms with van der Waals surface area (Å²) < 4.78 is 3.88. The quantitative estimate of drug-likeness (QED) is 0.553. The molecule has 0 saturated heterocycles. The van der Waals surface area contributed by atoms with Crippen molar-refractivity contribution in [3.8, 4) is 0 Å². The zero-order valence-electron chi connectivity index (χ0n) is 6.86. The minimum absolute atomic E-state index is 0.654. The third-order valence-corrected chi connectivity index (χ3v) is 2.09. The number of rotatable bonds is 1. The first-order valence-corrected chi connectivity index (χ1v) is 4.27. The Morgan fingerprint density at radius 1 is 1.31 bits per heavy atom. The van der Waals surface area contributed by atoms with Crippen LogP contribution in [0.15, 0.2) is 35.2 Å². The molecule has 0 fully saturated rings. The molecule has 13 heavy (non-hydrogen) atoms. The fourth-order valence-corrected chi connectivity index (χ4v) is 1.44. The van der Waals surface area contributed by atoms with Crippen molar-refractivity contribution in [2.24, 2.45) is 4.74 Å². The molecule has 2 rings (SSSR count). The predicted molar refractivity (Wildman–Crippen MR) is 56.6 cm³/mol. The normalized spacial score (nSPS) is 10.2. The first-order valence-electron chi connectivity index (χ1n) is 3.83. The molecule has 1 aromatic carbocycles. The number of benzene rings is 1. The summed E-state index contributed by atoms with van der Waals surface area (Å²) in [4.78, 5) is 4.10. The van der Waals surface area contributed by atoms with Crippen molar-refractivity contribution in [2.75, 3.05) is 5.73 Å². The number of fused-ring (bicyclic) bond motifs is 1. The van der Waals surface area contributed by atoms with Gasteiger partial charge in [-0.05, 0) is 32.6 Å². The van der Waals surface area contributed by atoms with Crippen molar-refractivity contribution >= 4 is 31.3 Å². The molecule has 3 nitrogen and oxygen atoms in total. The lowest BCUT2D eigenvalue weighted by molar-refractivity contribution is 1.32. The van der Waals surface area contributed by atoms with E-state index in [1.54, 1.807) is 6.20 Å². The smallest absolute Gasteiger partial charge is 0.163 e. The monoisotopic (exact) mass is 189 g/mol. The van der Waals surface area contributed by atoms with Crippen LogP contribution in [0.25, 0.3) is 10.8 Å². The minimum atomic E-state index is 0.654. The summed E-state index contributed by atoms with van der Waals surface area (Å²) in [7, 11) is 3.07. The van der Waals surface area contributed by atoms with E-state index in [0.717, 1.165) is 16.5 Å². The summed E-state index contributed by atoms with van der Waals surface area (Å²) in [6.07, 6.45) is 1.72. The number of aromatic nitrogens is 1. The van der Waals surface area contributed by atoms with Gasteiger partial charge in [-0.3, -0.25) is 0 Å². The molecular formula is C9H8N3P. The predicted octanol–water partition coefficient (Wildman–Crippen LogP) is 2.77. The number of pyridine rings is 1. The molecule has 0 aliphatic carbocycles. The van der Waals surface area contributed by atoms with Gasteiger partial charge in [-0.15, -0.1) is 0 Å². The van der Waals surface area contributed by atoms with Crippen molar-refractivity contribution in [3.63, 3.8) is 0 Å². The van der Waals surface area contributed by atoms with Crippen LogP contribution >= 0.6 is 9.03 Å². The van der Waals surface area contributed by atoms with Crippen LogP contribution in [-0.2, 0) is 0 Å². The molecule has 0 aliphatic heterocycles. The molecule has 0 atom stereocenters. The molecule has 64 valence electrons. The lowest BCUT2D eigenvalue weighted by Gasteiger charge is -2.00. The van der Waals surface area contributed by atoms with Crippen LogP contribution in [0.4, 0.5) is 11.5 Å². The van der Waals surface area contributed by atoms with Crippen LogP contribution in [0.5, 0.6) is 0 Å². The van der Waals surface area contributed by atoms with Gasteiger partial charge in [0.15, 0.2) is 5.82 Å². The number of nitrogens with zero attached hydrogens (tertiary/aromatic N) is 2. The highest BCUT2D eigenvalue weighted by atomic mass is 31.0. The molecule has 4 heteroatoms. The molecule has 2 aromatic rings. The molecule has 0 saturated carbocycles. The van der Waals surface area contributed by atoms with Crippen molar-refractivity contribution in [1.82, 2.24) is 4.98 Å². The summed E-state index contributed by atoms with van der Waals surface area (Å²) >= 11 is 0. The van der Waals surface area contributed by atoms with E-state index in [2.05, 4.69) is 18.8 Å². The lowest BCUT2D eigenvalue weighted by atomic mass is 10.1. The molecule has 0 radical (unpaired) electrons. The fourth-order valence-electron chi connectivity index (χ4n) is 1.26. The lowest BCUT2D eigenvalue weighted by Crippen LogP contribution is -1.84. The van der Waals surface area contributed by atoms with Gasteiger partial charge in [0.2, 0.25) is 0 Å². The Balaban J connectivity index is 2.86. The highest BCUT2D eigenvalue weighted by Crippen LogP contribution is 2.25. The van der Waals surface area contributed by atoms with E-state index in [1.807, 2.05) is 24.3 Å². The number of hydrogen-bond donors (Lipinski definition) is 1. The molecule has 2 N–H and O–H groups in total. The van der Waals surface area contributed by atoms with E-state index in [4.69, 9.17) is 5.73 Å². The molecule has 0 amide bonds. The number of anilines is 1. The molecule has 0 aliphatic rings. The van der Waals surface area contributed by atoms with Crippen molar-refractivity contribution in [3.05, 3.63) is 30.5 Å². The Kier molecular flexibility index (Phi) is 1.95. The molecule has 0 spiro atoms. The van der Waals surface area contributed by atoms with Crippen LogP contribution in [0, 0.1) is 0 Å². The van der Waals surface area contributed by atoms with Crippen LogP contribution in [-0.4, -0.2) is 4.98 Å². The van der Waals surface area contributed by atoms with Crippen molar-refractivity contribution < 1.29 is 0 Å². The van der Waals surface area contributed by atoms with Crippen molar-refractivity contribution in [2.45, 2.75) is 0 Å². The van der Waals surface area contributed by atoms with Gasteiger partial charge in [0.1, 0.15) is 0 Å². The van der Waals surface area contributed by atoms with Crippen molar-refractivity contribution in [1.29, 1.82) is 0 Å². The summed E-state index contributed by atoms with van der Waals surface area (Å²) in [5.41, 5.74) is 6.38. The second kappa shape index (κ2) is 3.11. The SMILES string of the molecule is Nc1ccc2ccnc(N=P)c2c1. The standard InChI is InChI=1S/C9H8N3P/c10-7-2-1-6-3-4-11-9(12-13)8(6)5-7/h1-5,13H,10H2. The Hall–Kier alpha value is -1.47. The van der Waals surface area contributed by atoms with Gasteiger partial charge in [0.25, 0.3) is 0 Å². The Labute approximate surface area is 77.9 Å². The van der Waals surface area contributed by atoms with Crippen LogP contribution in [0.2, 0.25) is 0 Å². The average Bonchev–Trinajstić information content (AvgIpc) is 2.17. The zero-order chi connectivity index (χ0) is 9.26. The molecule has 1 heterocycles. The van der Waals surface area contributed by atoms with Crippen LogP contribution in [0.1, 0.15) is 0 Å². The van der Waals surface area contributed by atoms with E-state index in [-0.39, 0.29) is 0 Å². The van der Waals surface area contributed by atoms with E-state index in [1.165, 1.54) is 0 Å². The molecule has 0 unspecified atom stereocenters. The maximum atomic E-state index is 5.66. The van der Waals surface area contributed by atoms with E-state index >= 15 is 0 Å². The summed E-state index contributed by atoms with van der Waals surface area (Å²) in [6, 6.07) is 7.60. The minimum Gasteiger partial charge on any atom is -0.399 e. The zero-order valence-corrected chi connectivity index (χ0v) is 7.86. The summed E-state index contributed by atoms with van der Waals surface area (Å²) in [5.74, 6) is 0.654. The van der Waals surface area contributed by atoms with Crippen LogP contribution in [0.3, 0.4) is 0 Å². The largest absolute Gasteiger partial charge is 0.399 e. The van der Waals surface area contributed by atoms with Gasteiger partial charge in [-0.25, -0.2) is 9.73 Å². The third kappa shape index (κ3) is 1.38. The topological polar surface area (TPSA) is 51.3 Å². The second-order valence-corrected chi connectivity index (χ2v) is 2.95. The number of hydrogen-bond acceptors (Lipinski definition) is 3. The number of nitrogens with two attached hydrogens (primary N) is 1. The summed E-state index contributed by atoms with van der Waals surface area (Å²) in [5, 5.41) is 2.04. The highest BCUT2D eigenvalue weighted by Gasteiger charge is 1.99. The average molecular weight is 189 g/mol. The number of nitrogen functional groups attached to an aromatic ring is 1. The Morgan fingerprint density at radius 3 is 2.92 bits per heavy atom. The fraction of sp³-hybridized carbons (Fsp3) is 0. The van der Waals surface area contributed by atoms with Gasteiger partial charge in [-0.1, -0.05) is 6.07 Å². The maximum absolute atomic E-state index is 5.66. The maximum Gasteiger partial charge on any atom is 0.163 e. The van der Waals surface area contributed by atoms with Gasteiger partial charge in [-0.2, -0.15) is 0 Å². The van der Waals surface area contributed by atoms with E-state index in [9.17, 15) is 0 Å². The van der Waals surface area contributed by atoms with Gasteiger partial charge in [0.05, 0.1) is 0 Å². The first kappa shape index (κ1) is 8.14. The molecule has 0 bridgehead atoms.